The van der Waals surface area contributed by atoms with Crippen molar-refractivity contribution in [2.45, 2.75) is 10.1 Å². The lowest BCUT2D eigenvalue weighted by Gasteiger charge is -2.01. The minimum Gasteiger partial charge on any atom is -0.252 e. The van der Waals surface area contributed by atoms with Gasteiger partial charge in [0.05, 0.1) is 21.4 Å². The van der Waals surface area contributed by atoms with Gasteiger partial charge in [0.15, 0.2) is 4.34 Å². The van der Waals surface area contributed by atoms with E-state index in [-0.39, 0.29) is 0 Å². The highest BCUT2D eigenvalue weighted by Crippen LogP contribution is 2.32. The molecule has 0 fully saturated rings. The number of fused-ring (bicyclic) bond motifs is 2. The molecule has 2 aromatic heterocycles. The van der Waals surface area contributed by atoms with Crippen molar-refractivity contribution >= 4 is 55.8 Å². The topological polar surface area (TPSA) is 25.8 Å². The van der Waals surface area contributed by atoms with Crippen molar-refractivity contribution in [3.63, 3.8) is 0 Å². The molecule has 108 valence electrons. The Morgan fingerprint density at radius 1 is 0.955 bits per heavy atom. The molecule has 2 aromatic carbocycles. The van der Waals surface area contributed by atoms with Crippen LogP contribution in [0.15, 0.2) is 58.9 Å². The van der Waals surface area contributed by atoms with Gasteiger partial charge >= 0.3 is 0 Å². The predicted molar refractivity (Wildman–Crippen MR) is 95.9 cm³/mol. The van der Waals surface area contributed by atoms with Crippen molar-refractivity contribution in [1.29, 1.82) is 0 Å². The molecule has 2 nitrogen and oxygen atoms in total. The maximum absolute atomic E-state index is 6.00. The van der Waals surface area contributed by atoms with E-state index in [1.807, 2.05) is 36.4 Å². The fourth-order valence-corrected chi connectivity index (χ4v) is 4.39. The van der Waals surface area contributed by atoms with Gasteiger partial charge in [-0.1, -0.05) is 47.6 Å². The monoisotopic (exact) mass is 342 g/mol. The number of nitrogens with zero attached hydrogens (tertiary/aromatic N) is 2. The normalized spacial score (nSPS) is 11.3. The molecule has 0 saturated heterocycles. The standard InChI is InChI=1S/C17H11ClN2S2/c18-12-6-8-16-15(9-12)20-17(22-16)21-10-13-7-5-11-3-1-2-4-14(11)19-13/h1-9H,10H2. The summed E-state index contributed by atoms with van der Waals surface area (Å²) in [5.74, 6) is 0.818. The van der Waals surface area contributed by atoms with Crippen LogP contribution >= 0.6 is 34.7 Å². The van der Waals surface area contributed by atoms with Gasteiger partial charge in [0.25, 0.3) is 0 Å². The Balaban J connectivity index is 1.56. The summed E-state index contributed by atoms with van der Waals surface area (Å²) in [7, 11) is 0. The van der Waals surface area contributed by atoms with E-state index in [4.69, 9.17) is 16.6 Å². The van der Waals surface area contributed by atoms with Crippen LogP contribution in [0.5, 0.6) is 0 Å². The quantitative estimate of drug-likeness (QED) is 0.441. The van der Waals surface area contributed by atoms with Crippen molar-refractivity contribution in [1.82, 2.24) is 9.97 Å². The van der Waals surface area contributed by atoms with E-state index in [1.54, 1.807) is 23.1 Å². The molecule has 2 heterocycles. The Hall–Kier alpha value is -1.62. The molecule has 0 atom stereocenters. The van der Waals surface area contributed by atoms with Crippen LogP contribution in [0.3, 0.4) is 0 Å². The first-order chi connectivity index (χ1) is 10.8. The third-order valence-corrected chi connectivity index (χ3v) is 5.78. The van der Waals surface area contributed by atoms with Gasteiger partial charge in [-0.25, -0.2) is 4.98 Å². The van der Waals surface area contributed by atoms with E-state index in [0.29, 0.717) is 0 Å². The molecule has 22 heavy (non-hydrogen) atoms. The van der Waals surface area contributed by atoms with E-state index in [0.717, 1.165) is 31.8 Å². The molecule has 0 aliphatic rings. The molecule has 0 saturated carbocycles. The molecule has 0 N–H and O–H groups in total. The van der Waals surface area contributed by atoms with E-state index < -0.39 is 0 Å². The summed E-state index contributed by atoms with van der Waals surface area (Å²) in [6.07, 6.45) is 0. The summed E-state index contributed by atoms with van der Waals surface area (Å²) in [6.45, 7) is 0. The highest BCUT2D eigenvalue weighted by Gasteiger charge is 2.06. The van der Waals surface area contributed by atoms with Crippen LogP contribution in [-0.4, -0.2) is 9.97 Å². The number of pyridine rings is 1. The number of benzene rings is 2. The number of rotatable bonds is 3. The smallest absolute Gasteiger partial charge is 0.151 e. The Labute approximate surface area is 141 Å². The van der Waals surface area contributed by atoms with Gasteiger partial charge in [0, 0.05) is 16.2 Å². The lowest BCUT2D eigenvalue weighted by molar-refractivity contribution is 1.21. The van der Waals surface area contributed by atoms with Crippen LogP contribution in [0, 0.1) is 0 Å². The van der Waals surface area contributed by atoms with Crippen molar-refractivity contribution in [3.05, 3.63) is 65.3 Å². The molecule has 0 spiro atoms. The first-order valence-corrected chi connectivity index (χ1v) is 8.99. The van der Waals surface area contributed by atoms with Crippen molar-refractivity contribution in [3.8, 4) is 0 Å². The number of thiazole rings is 1. The van der Waals surface area contributed by atoms with Crippen LogP contribution in [-0.2, 0) is 5.75 Å². The fraction of sp³-hybridized carbons (Fsp3) is 0.0588. The van der Waals surface area contributed by atoms with Crippen LogP contribution in [0.2, 0.25) is 5.02 Å². The third kappa shape index (κ3) is 2.82. The van der Waals surface area contributed by atoms with E-state index >= 15 is 0 Å². The Morgan fingerprint density at radius 2 is 1.86 bits per heavy atom. The fourth-order valence-electron chi connectivity index (χ4n) is 2.27. The van der Waals surface area contributed by atoms with Crippen LogP contribution in [0.1, 0.15) is 5.69 Å². The summed E-state index contributed by atoms with van der Waals surface area (Å²) >= 11 is 9.41. The molecule has 0 aliphatic heterocycles. The maximum atomic E-state index is 6.00. The largest absolute Gasteiger partial charge is 0.252 e. The summed E-state index contributed by atoms with van der Waals surface area (Å²) in [6, 6.07) is 18.2. The molecule has 4 rings (SSSR count). The molecule has 4 aromatic rings. The molecule has 0 amide bonds. The Bertz CT molecular complexity index is 965. The molecule has 5 heteroatoms. The third-order valence-electron chi connectivity index (χ3n) is 3.33. The van der Waals surface area contributed by atoms with Crippen LogP contribution < -0.4 is 0 Å². The Kier molecular flexibility index (Phi) is 3.74. The van der Waals surface area contributed by atoms with Crippen molar-refractivity contribution < 1.29 is 0 Å². The molecule has 0 radical (unpaired) electrons. The summed E-state index contributed by atoms with van der Waals surface area (Å²) in [4.78, 5) is 9.31. The average Bonchev–Trinajstić information content (AvgIpc) is 2.94. The highest BCUT2D eigenvalue weighted by atomic mass is 35.5. The minimum atomic E-state index is 0.727. The van der Waals surface area contributed by atoms with E-state index in [1.165, 1.54) is 10.1 Å². The minimum absolute atomic E-state index is 0.727. The van der Waals surface area contributed by atoms with Crippen molar-refractivity contribution in [2.75, 3.05) is 0 Å². The van der Waals surface area contributed by atoms with Gasteiger partial charge in [0.2, 0.25) is 0 Å². The molecular formula is C17H11ClN2S2. The first kappa shape index (κ1) is 14.0. The summed E-state index contributed by atoms with van der Waals surface area (Å²) in [5, 5.41) is 1.90. The van der Waals surface area contributed by atoms with Gasteiger partial charge in [-0.2, -0.15) is 0 Å². The second kappa shape index (κ2) is 5.88. The second-order valence-electron chi connectivity index (χ2n) is 4.88. The zero-order valence-electron chi connectivity index (χ0n) is 11.5. The van der Waals surface area contributed by atoms with E-state index in [2.05, 4.69) is 23.2 Å². The predicted octanol–water partition coefficient (Wildman–Crippen LogP) is 5.79. The first-order valence-electron chi connectivity index (χ1n) is 6.81. The lowest BCUT2D eigenvalue weighted by Crippen LogP contribution is -1.87. The maximum Gasteiger partial charge on any atom is 0.151 e. The number of hydrogen-bond acceptors (Lipinski definition) is 4. The van der Waals surface area contributed by atoms with Gasteiger partial charge in [-0.3, -0.25) is 4.98 Å². The van der Waals surface area contributed by atoms with Gasteiger partial charge in [0.1, 0.15) is 0 Å². The summed E-state index contributed by atoms with van der Waals surface area (Å²) in [5.41, 5.74) is 3.07. The molecule has 0 unspecified atom stereocenters. The van der Waals surface area contributed by atoms with Crippen LogP contribution in [0.4, 0.5) is 0 Å². The number of para-hydroxylation sites is 1. The lowest BCUT2D eigenvalue weighted by atomic mass is 10.2. The SMILES string of the molecule is Clc1ccc2sc(SCc3ccc4ccccc4n3)nc2c1. The number of hydrogen-bond donors (Lipinski definition) is 0. The highest BCUT2D eigenvalue weighted by molar-refractivity contribution is 8.00. The van der Waals surface area contributed by atoms with Gasteiger partial charge < -0.3 is 0 Å². The average molecular weight is 343 g/mol. The second-order valence-corrected chi connectivity index (χ2v) is 7.57. The molecule has 0 aliphatic carbocycles. The van der Waals surface area contributed by atoms with Gasteiger partial charge in [-0.05, 0) is 30.3 Å². The van der Waals surface area contributed by atoms with E-state index in [9.17, 15) is 0 Å². The molecular weight excluding hydrogens is 332 g/mol. The summed E-state index contributed by atoms with van der Waals surface area (Å²) < 4.78 is 2.21. The number of thioether (sulfide) groups is 1. The van der Waals surface area contributed by atoms with Gasteiger partial charge in [-0.15, -0.1) is 11.3 Å². The molecule has 0 bridgehead atoms. The Morgan fingerprint density at radius 3 is 2.82 bits per heavy atom. The number of halogens is 1. The zero-order valence-corrected chi connectivity index (χ0v) is 13.9. The zero-order chi connectivity index (χ0) is 14.9. The van der Waals surface area contributed by atoms with Crippen LogP contribution in [0.25, 0.3) is 21.1 Å². The number of aromatic nitrogens is 2. The van der Waals surface area contributed by atoms with Crippen molar-refractivity contribution in [2.24, 2.45) is 0 Å².